The second-order valence-electron chi connectivity index (χ2n) is 9.14. The molecular weight excluding hydrogens is 432 g/mol. The Morgan fingerprint density at radius 1 is 0.971 bits per heavy atom. The molecular formula is C27H34N2O5. The van der Waals surface area contributed by atoms with Gasteiger partial charge in [-0.05, 0) is 41.0 Å². The molecule has 7 nitrogen and oxygen atoms in total. The van der Waals surface area contributed by atoms with Crippen LogP contribution in [-0.4, -0.2) is 41.8 Å². The van der Waals surface area contributed by atoms with Crippen LogP contribution in [0.5, 0.6) is 0 Å². The molecule has 7 heteroatoms. The minimum atomic E-state index is -1.31. The van der Waals surface area contributed by atoms with Gasteiger partial charge in [-0.1, -0.05) is 76.2 Å². The molecule has 0 fully saturated rings. The van der Waals surface area contributed by atoms with Gasteiger partial charge in [0.05, 0.1) is 5.92 Å². The summed E-state index contributed by atoms with van der Waals surface area (Å²) in [5.74, 6) is -2.18. The molecule has 34 heavy (non-hydrogen) atoms. The summed E-state index contributed by atoms with van der Waals surface area (Å²) in [7, 11) is 0. The molecule has 1 atom stereocenters. The summed E-state index contributed by atoms with van der Waals surface area (Å²) >= 11 is 0. The van der Waals surface area contributed by atoms with Crippen molar-refractivity contribution in [1.29, 1.82) is 0 Å². The number of carbonyl (C=O) groups excluding carboxylic acids is 2. The predicted octanol–water partition coefficient (Wildman–Crippen LogP) is 4.56. The van der Waals surface area contributed by atoms with Crippen LogP contribution in [-0.2, 0) is 14.3 Å². The number of rotatable bonds is 10. The maximum Gasteiger partial charge on any atom is 0.407 e. The Morgan fingerprint density at radius 3 is 1.97 bits per heavy atom. The molecule has 3 rings (SSSR count). The fourth-order valence-electron chi connectivity index (χ4n) is 4.59. The summed E-state index contributed by atoms with van der Waals surface area (Å²) in [6.07, 6.45) is -0.0551. The van der Waals surface area contributed by atoms with Crippen LogP contribution in [0.15, 0.2) is 48.5 Å². The molecule has 2 aromatic rings. The highest BCUT2D eigenvalue weighted by molar-refractivity contribution is 5.88. The van der Waals surface area contributed by atoms with E-state index in [0.717, 1.165) is 22.3 Å². The molecule has 0 radical (unpaired) electrons. The van der Waals surface area contributed by atoms with Crippen molar-refractivity contribution < 1.29 is 24.2 Å². The van der Waals surface area contributed by atoms with Gasteiger partial charge in [0.1, 0.15) is 12.1 Å². The van der Waals surface area contributed by atoms with Crippen molar-refractivity contribution in [2.45, 2.75) is 52.0 Å². The maximum atomic E-state index is 12.9. The Bertz CT molecular complexity index is 999. The molecule has 0 spiro atoms. The minimum Gasteiger partial charge on any atom is -0.480 e. The van der Waals surface area contributed by atoms with Crippen LogP contribution >= 0.6 is 0 Å². The van der Waals surface area contributed by atoms with Crippen LogP contribution in [0.25, 0.3) is 11.1 Å². The molecule has 2 amide bonds. The summed E-state index contributed by atoms with van der Waals surface area (Å²) in [5.41, 5.74) is 3.24. The van der Waals surface area contributed by atoms with Crippen LogP contribution in [0.3, 0.4) is 0 Å². The van der Waals surface area contributed by atoms with Gasteiger partial charge in [-0.2, -0.15) is 0 Å². The smallest absolute Gasteiger partial charge is 0.407 e. The number of amides is 2. The lowest BCUT2D eigenvalue weighted by molar-refractivity contribution is -0.149. The minimum absolute atomic E-state index is 0.0485. The van der Waals surface area contributed by atoms with Gasteiger partial charge in [-0.15, -0.1) is 0 Å². The summed E-state index contributed by atoms with van der Waals surface area (Å²) in [4.78, 5) is 37.2. The van der Waals surface area contributed by atoms with Gasteiger partial charge < -0.3 is 20.5 Å². The normalized spacial score (nSPS) is 13.7. The number of fused-ring (bicyclic) bond motifs is 3. The van der Waals surface area contributed by atoms with Crippen molar-refractivity contribution in [3.8, 4) is 11.1 Å². The first kappa shape index (κ1) is 25.3. The van der Waals surface area contributed by atoms with Crippen molar-refractivity contribution in [2.75, 3.05) is 13.2 Å². The molecule has 1 aliphatic carbocycles. The molecule has 0 saturated heterocycles. The zero-order valence-corrected chi connectivity index (χ0v) is 20.3. The van der Waals surface area contributed by atoms with Gasteiger partial charge in [-0.25, -0.2) is 9.59 Å². The van der Waals surface area contributed by atoms with E-state index in [4.69, 9.17) is 4.74 Å². The molecule has 0 saturated carbocycles. The number of aliphatic carboxylic acids is 1. The van der Waals surface area contributed by atoms with E-state index in [1.807, 2.05) is 38.1 Å². The molecule has 0 bridgehead atoms. The Labute approximate surface area is 200 Å². The molecule has 1 unspecified atom stereocenters. The van der Waals surface area contributed by atoms with E-state index in [0.29, 0.717) is 0 Å². The van der Waals surface area contributed by atoms with E-state index in [1.54, 1.807) is 13.8 Å². The predicted molar refractivity (Wildman–Crippen MR) is 130 cm³/mol. The Hall–Kier alpha value is -3.35. The van der Waals surface area contributed by atoms with Gasteiger partial charge >= 0.3 is 12.1 Å². The molecule has 3 N–H and O–H groups in total. The average Bonchev–Trinajstić information content (AvgIpc) is 3.14. The third-order valence-electron chi connectivity index (χ3n) is 6.93. The Balaban J connectivity index is 1.61. The van der Waals surface area contributed by atoms with E-state index < -0.39 is 23.5 Å². The zero-order valence-electron chi connectivity index (χ0n) is 20.3. The molecule has 0 aliphatic heterocycles. The van der Waals surface area contributed by atoms with Gasteiger partial charge in [0, 0.05) is 12.5 Å². The number of carboxylic acid groups (broad SMARTS) is 1. The van der Waals surface area contributed by atoms with Crippen LogP contribution < -0.4 is 10.6 Å². The second kappa shape index (κ2) is 10.7. The van der Waals surface area contributed by atoms with Crippen LogP contribution in [0.1, 0.15) is 57.6 Å². The third-order valence-corrected chi connectivity index (χ3v) is 6.93. The molecule has 1 aliphatic rings. The summed E-state index contributed by atoms with van der Waals surface area (Å²) in [5, 5.41) is 15.0. The first-order chi connectivity index (χ1) is 16.2. The lowest BCUT2D eigenvalue weighted by Crippen LogP contribution is -2.56. The number of carbonyl (C=O) groups is 3. The van der Waals surface area contributed by atoms with Crippen LogP contribution in [0.4, 0.5) is 4.79 Å². The highest BCUT2D eigenvalue weighted by Gasteiger charge is 2.38. The van der Waals surface area contributed by atoms with E-state index >= 15 is 0 Å². The third kappa shape index (κ3) is 5.08. The number of hydrogen-bond donors (Lipinski definition) is 3. The van der Waals surface area contributed by atoms with Crippen molar-refractivity contribution in [3.05, 3.63) is 59.7 Å². The van der Waals surface area contributed by atoms with Crippen LogP contribution in [0.2, 0.25) is 0 Å². The quantitative estimate of drug-likeness (QED) is 0.476. The van der Waals surface area contributed by atoms with E-state index in [2.05, 4.69) is 34.9 Å². The van der Waals surface area contributed by atoms with E-state index in [-0.39, 0.29) is 43.7 Å². The largest absolute Gasteiger partial charge is 0.480 e. The summed E-state index contributed by atoms with van der Waals surface area (Å²) < 4.78 is 5.56. The number of nitrogens with one attached hydrogen (secondary N) is 2. The van der Waals surface area contributed by atoms with E-state index in [9.17, 15) is 19.5 Å². The van der Waals surface area contributed by atoms with Crippen molar-refractivity contribution in [2.24, 2.45) is 11.8 Å². The Morgan fingerprint density at radius 2 is 1.50 bits per heavy atom. The average molecular weight is 467 g/mol. The van der Waals surface area contributed by atoms with Crippen molar-refractivity contribution >= 4 is 18.0 Å². The lowest BCUT2D eigenvalue weighted by Gasteiger charge is -2.31. The van der Waals surface area contributed by atoms with Gasteiger partial charge in [0.2, 0.25) is 5.91 Å². The summed E-state index contributed by atoms with van der Waals surface area (Å²) in [6.45, 7) is 7.44. The van der Waals surface area contributed by atoms with Gasteiger partial charge in [0.25, 0.3) is 0 Å². The fraction of sp³-hybridized carbons (Fsp3) is 0.444. The van der Waals surface area contributed by atoms with Crippen LogP contribution in [0, 0.1) is 11.8 Å². The van der Waals surface area contributed by atoms with Crippen molar-refractivity contribution in [1.82, 2.24) is 10.6 Å². The molecule has 0 heterocycles. The number of carboxylic acids is 1. The summed E-state index contributed by atoms with van der Waals surface area (Å²) in [6, 6.07) is 16.2. The topological polar surface area (TPSA) is 105 Å². The number of ether oxygens (including phenoxy) is 1. The maximum absolute atomic E-state index is 12.9. The van der Waals surface area contributed by atoms with Crippen molar-refractivity contribution in [3.63, 3.8) is 0 Å². The standard InChI is InChI=1S/C27H34N2O5/c1-5-27(6-2,25(31)32)29-24(30)22(17(3)4)15-28-26(33)34-16-23-20-13-9-7-11-18(20)19-12-8-10-14-21(19)23/h7-14,17,22-23H,5-6,15-16H2,1-4H3,(H,28,33)(H,29,30)(H,31,32). The first-order valence-electron chi connectivity index (χ1n) is 11.9. The SMILES string of the molecule is CCC(CC)(NC(=O)C(CNC(=O)OCC1c2ccccc2-c2ccccc21)C(C)C)C(=O)O. The zero-order chi connectivity index (χ0) is 24.9. The monoisotopic (exact) mass is 466 g/mol. The Kier molecular flexibility index (Phi) is 7.97. The lowest BCUT2D eigenvalue weighted by atomic mass is 9.89. The second-order valence-corrected chi connectivity index (χ2v) is 9.14. The number of hydrogen-bond acceptors (Lipinski definition) is 4. The highest BCUT2D eigenvalue weighted by atomic mass is 16.5. The van der Waals surface area contributed by atoms with Gasteiger partial charge in [-0.3, -0.25) is 4.79 Å². The van der Waals surface area contributed by atoms with Gasteiger partial charge in [0.15, 0.2) is 0 Å². The van der Waals surface area contributed by atoms with E-state index in [1.165, 1.54) is 0 Å². The first-order valence-corrected chi connectivity index (χ1v) is 11.9. The molecule has 182 valence electrons. The number of benzene rings is 2. The fourth-order valence-corrected chi connectivity index (χ4v) is 4.59. The highest BCUT2D eigenvalue weighted by Crippen LogP contribution is 2.44. The molecule has 0 aromatic heterocycles. The molecule has 2 aromatic carbocycles. The number of alkyl carbamates (subject to hydrolysis) is 1.